The first kappa shape index (κ1) is 19.8. The zero-order valence-electron chi connectivity index (χ0n) is 16.6. The van der Waals surface area contributed by atoms with Gasteiger partial charge in [-0.05, 0) is 37.1 Å². The highest BCUT2D eigenvalue weighted by Crippen LogP contribution is 2.34. The topological polar surface area (TPSA) is 111 Å². The lowest BCUT2D eigenvalue weighted by atomic mass is 10.1. The lowest BCUT2D eigenvalue weighted by Gasteiger charge is -2.32. The summed E-state index contributed by atoms with van der Waals surface area (Å²) in [6.07, 6.45) is 0.732. The van der Waals surface area contributed by atoms with E-state index in [1.54, 1.807) is 30.3 Å². The minimum Gasteiger partial charge on any atom is -0.486 e. The molecule has 0 amide bonds. The van der Waals surface area contributed by atoms with Crippen LogP contribution in [0, 0.1) is 0 Å². The molecular formula is C21H21N3O6S. The Labute approximate surface area is 177 Å². The maximum Gasteiger partial charge on any atom is 0.329 e. The van der Waals surface area contributed by atoms with Gasteiger partial charge in [-0.15, -0.1) is 0 Å². The van der Waals surface area contributed by atoms with E-state index >= 15 is 0 Å². The summed E-state index contributed by atoms with van der Waals surface area (Å²) < 4.78 is 39.8. The van der Waals surface area contributed by atoms with E-state index in [1.807, 2.05) is 0 Å². The van der Waals surface area contributed by atoms with Crippen LogP contribution in [0.4, 0.5) is 0 Å². The Balaban J connectivity index is 1.39. The molecule has 0 saturated carbocycles. The van der Waals surface area contributed by atoms with Crippen LogP contribution >= 0.6 is 0 Å². The van der Waals surface area contributed by atoms with Gasteiger partial charge in [0.2, 0.25) is 10.0 Å². The van der Waals surface area contributed by atoms with Crippen molar-refractivity contribution in [3.8, 4) is 11.5 Å². The van der Waals surface area contributed by atoms with Crippen LogP contribution in [0.15, 0.2) is 56.9 Å². The maximum atomic E-state index is 13.1. The first-order valence-corrected chi connectivity index (χ1v) is 11.5. The Morgan fingerprint density at radius 2 is 1.65 bits per heavy atom. The molecule has 3 heterocycles. The number of piperidine rings is 1. The molecule has 0 spiro atoms. The second-order valence-electron chi connectivity index (χ2n) is 7.59. The summed E-state index contributed by atoms with van der Waals surface area (Å²) in [6, 6.07) is 11.1. The maximum absolute atomic E-state index is 13.1. The van der Waals surface area contributed by atoms with Gasteiger partial charge in [0.25, 0.3) is 5.56 Å². The number of rotatable bonds is 3. The molecule has 0 atom stereocenters. The molecule has 0 radical (unpaired) electrons. The summed E-state index contributed by atoms with van der Waals surface area (Å²) in [5.74, 6) is 0.940. The van der Waals surface area contributed by atoms with Gasteiger partial charge in [-0.3, -0.25) is 9.36 Å². The molecule has 5 rings (SSSR count). The molecule has 0 aliphatic carbocycles. The number of hydrogen-bond donors (Lipinski definition) is 1. The molecule has 162 valence electrons. The zero-order chi connectivity index (χ0) is 21.6. The highest BCUT2D eigenvalue weighted by atomic mass is 32.2. The van der Waals surface area contributed by atoms with Crippen molar-refractivity contribution in [1.82, 2.24) is 13.9 Å². The number of nitrogens with one attached hydrogen (secondary N) is 1. The first-order valence-electron chi connectivity index (χ1n) is 10.1. The zero-order valence-corrected chi connectivity index (χ0v) is 17.4. The van der Waals surface area contributed by atoms with Crippen LogP contribution in [0.25, 0.3) is 10.9 Å². The third kappa shape index (κ3) is 3.41. The van der Waals surface area contributed by atoms with Crippen LogP contribution in [0.5, 0.6) is 11.5 Å². The van der Waals surface area contributed by atoms with Crippen LogP contribution in [0.2, 0.25) is 0 Å². The van der Waals surface area contributed by atoms with Crippen molar-refractivity contribution >= 4 is 20.9 Å². The summed E-state index contributed by atoms with van der Waals surface area (Å²) >= 11 is 0. The fourth-order valence-corrected chi connectivity index (χ4v) is 5.67. The molecule has 1 saturated heterocycles. The highest BCUT2D eigenvalue weighted by molar-refractivity contribution is 7.89. The molecule has 0 unspecified atom stereocenters. The second-order valence-corrected chi connectivity index (χ2v) is 9.53. The molecule has 1 N–H and O–H groups in total. The van der Waals surface area contributed by atoms with E-state index in [0.29, 0.717) is 48.5 Å². The van der Waals surface area contributed by atoms with Crippen molar-refractivity contribution in [2.45, 2.75) is 23.8 Å². The van der Waals surface area contributed by atoms with E-state index in [0.717, 1.165) is 0 Å². The normalized spacial score (nSPS) is 17.7. The fourth-order valence-electron chi connectivity index (χ4n) is 4.18. The van der Waals surface area contributed by atoms with Crippen LogP contribution in [-0.4, -0.2) is 48.6 Å². The molecule has 1 aromatic heterocycles. The van der Waals surface area contributed by atoms with Gasteiger partial charge in [0.15, 0.2) is 11.5 Å². The van der Waals surface area contributed by atoms with Crippen molar-refractivity contribution in [2.24, 2.45) is 0 Å². The Morgan fingerprint density at radius 1 is 0.935 bits per heavy atom. The van der Waals surface area contributed by atoms with Gasteiger partial charge in [-0.25, -0.2) is 13.2 Å². The van der Waals surface area contributed by atoms with Crippen molar-refractivity contribution < 1.29 is 17.9 Å². The van der Waals surface area contributed by atoms with Crippen molar-refractivity contribution in [2.75, 3.05) is 26.3 Å². The molecule has 1 fully saturated rings. The fraction of sp³-hybridized carbons (Fsp3) is 0.333. The quantitative estimate of drug-likeness (QED) is 0.657. The molecule has 2 aliphatic heterocycles. The summed E-state index contributed by atoms with van der Waals surface area (Å²) in [4.78, 5) is 28.3. The number of H-pyrrole nitrogens is 1. The third-order valence-electron chi connectivity index (χ3n) is 5.78. The average Bonchev–Trinajstić information content (AvgIpc) is 2.79. The Kier molecular flexibility index (Phi) is 4.82. The summed E-state index contributed by atoms with van der Waals surface area (Å²) in [5, 5.41) is 0.438. The number of para-hydroxylation sites is 1. The van der Waals surface area contributed by atoms with E-state index in [4.69, 9.17) is 9.47 Å². The number of nitrogens with zero attached hydrogens (tertiary/aromatic N) is 2. The van der Waals surface area contributed by atoms with Crippen LogP contribution < -0.4 is 20.7 Å². The summed E-state index contributed by atoms with van der Waals surface area (Å²) in [7, 11) is -3.73. The lowest BCUT2D eigenvalue weighted by Crippen LogP contribution is -2.45. The van der Waals surface area contributed by atoms with E-state index in [1.165, 1.54) is 21.0 Å². The number of hydrogen-bond acceptors (Lipinski definition) is 6. The minimum atomic E-state index is -3.73. The molecule has 10 heteroatoms. The SMILES string of the molecule is O=c1[nH]c2ccccc2c(=O)n1C1CCN(S(=O)(=O)c2ccc3c(c2)OCCO3)CC1. The van der Waals surface area contributed by atoms with Gasteiger partial charge in [0, 0.05) is 25.2 Å². The van der Waals surface area contributed by atoms with Crippen molar-refractivity contribution in [3.05, 3.63) is 63.3 Å². The van der Waals surface area contributed by atoms with E-state index in [-0.39, 0.29) is 29.6 Å². The predicted molar refractivity (Wildman–Crippen MR) is 113 cm³/mol. The number of benzene rings is 2. The summed E-state index contributed by atoms with van der Waals surface area (Å²) in [6.45, 7) is 1.22. The van der Waals surface area contributed by atoms with Gasteiger partial charge in [0.1, 0.15) is 13.2 Å². The smallest absolute Gasteiger partial charge is 0.329 e. The average molecular weight is 443 g/mol. The Bertz CT molecular complexity index is 1370. The lowest BCUT2D eigenvalue weighted by molar-refractivity contribution is 0.171. The molecule has 2 aromatic carbocycles. The number of aromatic amines is 1. The van der Waals surface area contributed by atoms with Gasteiger partial charge < -0.3 is 14.5 Å². The van der Waals surface area contributed by atoms with Crippen LogP contribution in [-0.2, 0) is 10.0 Å². The third-order valence-corrected chi connectivity index (χ3v) is 7.67. The van der Waals surface area contributed by atoms with E-state index in [2.05, 4.69) is 4.98 Å². The summed E-state index contributed by atoms with van der Waals surface area (Å²) in [5.41, 5.74) is -0.336. The molecular weight excluding hydrogens is 422 g/mol. The molecule has 31 heavy (non-hydrogen) atoms. The van der Waals surface area contributed by atoms with Gasteiger partial charge in [-0.1, -0.05) is 12.1 Å². The van der Waals surface area contributed by atoms with Gasteiger partial charge >= 0.3 is 5.69 Å². The molecule has 0 bridgehead atoms. The largest absolute Gasteiger partial charge is 0.486 e. The van der Waals surface area contributed by atoms with Crippen LogP contribution in [0.3, 0.4) is 0 Å². The van der Waals surface area contributed by atoms with Gasteiger partial charge in [-0.2, -0.15) is 4.31 Å². The Hall–Kier alpha value is -3.11. The highest BCUT2D eigenvalue weighted by Gasteiger charge is 2.32. The Morgan fingerprint density at radius 3 is 2.42 bits per heavy atom. The van der Waals surface area contributed by atoms with Crippen molar-refractivity contribution in [3.63, 3.8) is 0 Å². The molecule has 3 aromatic rings. The number of sulfonamides is 1. The van der Waals surface area contributed by atoms with E-state index < -0.39 is 15.7 Å². The van der Waals surface area contributed by atoms with Crippen LogP contribution in [0.1, 0.15) is 18.9 Å². The van der Waals surface area contributed by atoms with Crippen molar-refractivity contribution in [1.29, 1.82) is 0 Å². The van der Waals surface area contributed by atoms with Gasteiger partial charge in [0.05, 0.1) is 15.8 Å². The second kappa shape index (κ2) is 7.54. The monoisotopic (exact) mass is 443 g/mol. The first-order chi connectivity index (χ1) is 14.9. The predicted octanol–water partition coefficient (Wildman–Crippen LogP) is 1.49. The molecule has 2 aliphatic rings. The van der Waals surface area contributed by atoms with E-state index in [9.17, 15) is 18.0 Å². The standard InChI is InChI=1S/C21H21N3O6S/c25-20-16-3-1-2-4-17(16)22-21(26)24(20)14-7-9-23(10-8-14)31(27,28)15-5-6-18-19(13-15)30-12-11-29-18/h1-6,13-14H,7-12H2,(H,22,26). The number of ether oxygens (including phenoxy) is 2. The minimum absolute atomic E-state index is 0.135. The molecule has 9 nitrogen and oxygen atoms in total. The number of aromatic nitrogens is 2. The number of fused-ring (bicyclic) bond motifs is 2.